The predicted octanol–water partition coefficient (Wildman–Crippen LogP) is 5.29. The molecule has 0 saturated heterocycles. The number of aryl methyl sites for hydroxylation is 2. The number of benzene rings is 1. The molecule has 21 heavy (non-hydrogen) atoms. The van der Waals surface area contributed by atoms with Crippen LogP contribution in [0.5, 0.6) is 0 Å². The molecule has 0 aliphatic heterocycles. The van der Waals surface area contributed by atoms with Crippen molar-refractivity contribution in [1.82, 2.24) is 0 Å². The largest absolute Gasteiger partial charge is 0.324 e. The van der Waals surface area contributed by atoms with E-state index in [2.05, 4.69) is 20.8 Å². The van der Waals surface area contributed by atoms with E-state index in [-0.39, 0.29) is 11.9 Å². The minimum atomic E-state index is -0.0950. The molecule has 1 aliphatic carbocycles. The lowest BCUT2D eigenvalue weighted by atomic mass is 9.68. The summed E-state index contributed by atoms with van der Waals surface area (Å²) in [7, 11) is 0. The fourth-order valence-corrected chi connectivity index (χ4v) is 3.79. The molecule has 1 aromatic carbocycles. The average Bonchev–Trinajstić information content (AvgIpc) is 2.42. The van der Waals surface area contributed by atoms with E-state index in [0.717, 1.165) is 11.5 Å². The second kappa shape index (κ2) is 6.08. The van der Waals surface area contributed by atoms with Crippen LogP contribution in [0.15, 0.2) is 12.1 Å². The summed E-state index contributed by atoms with van der Waals surface area (Å²) in [6, 6.07) is 3.91. The molecule has 0 heterocycles. The Labute approximate surface area is 129 Å². The van der Waals surface area contributed by atoms with Crippen LogP contribution in [0.2, 0.25) is 0 Å². The molecule has 1 atom stereocenters. The number of rotatable bonds is 2. The molecule has 1 unspecified atom stereocenters. The summed E-state index contributed by atoms with van der Waals surface area (Å²) in [5, 5.41) is 0. The molecule has 1 fully saturated rings. The summed E-state index contributed by atoms with van der Waals surface area (Å²) in [6.45, 7) is 10.7. The first-order chi connectivity index (χ1) is 9.70. The second-order valence-electron chi connectivity index (χ2n) is 7.97. The van der Waals surface area contributed by atoms with Crippen molar-refractivity contribution in [2.24, 2.45) is 23.0 Å². The van der Waals surface area contributed by atoms with Crippen LogP contribution in [0.3, 0.4) is 0 Å². The van der Waals surface area contributed by atoms with Crippen LogP contribution in [0.1, 0.15) is 69.2 Å². The number of halogens is 1. The van der Waals surface area contributed by atoms with Gasteiger partial charge in [0.15, 0.2) is 0 Å². The molecule has 0 spiro atoms. The molecule has 2 N–H and O–H groups in total. The molecular formula is C19H30FN. The molecule has 1 aliphatic rings. The highest BCUT2D eigenvalue weighted by Crippen LogP contribution is 2.43. The third kappa shape index (κ3) is 3.66. The number of hydrogen-bond acceptors (Lipinski definition) is 1. The maximum absolute atomic E-state index is 13.8. The van der Waals surface area contributed by atoms with Crippen molar-refractivity contribution in [3.05, 3.63) is 34.6 Å². The Bertz CT molecular complexity index is 470. The van der Waals surface area contributed by atoms with Gasteiger partial charge >= 0.3 is 0 Å². The Hall–Kier alpha value is -0.890. The first kappa shape index (κ1) is 16.5. The van der Waals surface area contributed by atoms with Crippen LogP contribution >= 0.6 is 0 Å². The van der Waals surface area contributed by atoms with E-state index in [9.17, 15) is 4.39 Å². The molecule has 1 saturated carbocycles. The highest BCUT2D eigenvalue weighted by Gasteiger charge is 2.32. The first-order valence-electron chi connectivity index (χ1n) is 8.22. The van der Waals surface area contributed by atoms with Crippen molar-refractivity contribution in [3.8, 4) is 0 Å². The fraction of sp³-hybridized carbons (Fsp3) is 0.684. The average molecular weight is 291 g/mol. The van der Waals surface area contributed by atoms with E-state index in [1.54, 1.807) is 0 Å². The fourth-order valence-electron chi connectivity index (χ4n) is 3.79. The van der Waals surface area contributed by atoms with Gasteiger partial charge in [-0.3, -0.25) is 0 Å². The van der Waals surface area contributed by atoms with Gasteiger partial charge in [0.25, 0.3) is 0 Å². The lowest BCUT2D eigenvalue weighted by Gasteiger charge is -2.38. The highest BCUT2D eigenvalue weighted by molar-refractivity contribution is 5.32. The minimum Gasteiger partial charge on any atom is -0.324 e. The van der Waals surface area contributed by atoms with E-state index >= 15 is 0 Å². The van der Waals surface area contributed by atoms with Crippen molar-refractivity contribution in [2.75, 3.05) is 0 Å². The van der Waals surface area contributed by atoms with Crippen LogP contribution in [0, 0.1) is 36.9 Å². The maximum Gasteiger partial charge on any atom is 0.129 e. The maximum atomic E-state index is 13.8. The van der Waals surface area contributed by atoms with Gasteiger partial charge in [-0.1, -0.05) is 32.9 Å². The molecule has 0 amide bonds. The standard InChI is InChI=1S/C19H30FN/c1-12-10-15(11-13(2)17(12)20)18(21)14-6-8-16(9-7-14)19(3,4)5/h10-11,14,16,18H,6-9,21H2,1-5H3. The van der Waals surface area contributed by atoms with Gasteiger partial charge in [0.1, 0.15) is 5.82 Å². The zero-order valence-corrected chi connectivity index (χ0v) is 14.2. The zero-order valence-electron chi connectivity index (χ0n) is 14.2. The lowest BCUT2D eigenvalue weighted by molar-refractivity contribution is 0.139. The Kier molecular flexibility index (Phi) is 4.77. The van der Waals surface area contributed by atoms with Gasteiger partial charge in [-0.05, 0) is 73.5 Å². The Morgan fingerprint density at radius 1 is 1.05 bits per heavy atom. The molecule has 0 bridgehead atoms. The highest BCUT2D eigenvalue weighted by atomic mass is 19.1. The summed E-state index contributed by atoms with van der Waals surface area (Å²) < 4.78 is 13.8. The van der Waals surface area contributed by atoms with E-state index in [0.29, 0.717) is 22.5 Å². The summed E-state index contributed by atoms with van der Waals surface area (Å²) in [5.74, 6) is 1.24. The van der Waals surface area contributed by atoms with Crippen LogP contribution in [0.25, 0.3) is 0 Å². The van der Waals surface area contributed by atoms with Gasteiger partial charge in [-0.2, -0.15) is 0 Å². The summed E-state index contributed by atoms with van der Waals surface area (Å²) in [4.78, 5) is 0. The molecule has 118 valence electrons. The Morgan fingerprint density at radius 3 is 1.95 bits per heavy atom. The van der Waals surface area contributed by atoms with Crippen molar-refractivity contribution in [1.29, 1.82) is 0 Å². The molecule has 2 heteroatoms. The third-order valence-corrected chi connectivity index (χ3v) is 5.35. The van der Waals surface area contributed by atoms with Gasteiger partial charge in [0, 0.05) is 6.04 Å². The normalized spacial score (nSPS) is 24.9. The first-order valence-corrected chi connectivity index (χ1v) is 8.22. The topological polar surface area (TPSA) is 26.0 Å². The van der Waals surface area contributed by atoms with Gasteiger partial charge in [0.2, 0.25) is 0 Å². The zero-order chi connectivity index (χ0) is 15.8. The SMILES string of the molecule is Cc1cc(C(N)C2CCC(C(C)(C)C)CC2)cc(C)c1F. The number of hydrogen-bond donors (Lipinski definition) is 1. The number of nitrogens with two attached hydrogens (primary N) is 1. The Balaban J connectivity index is 2.07. The van der Waals surface area contributed by atoms with Gasteiger partial charge in [-0.25, -0.2) is 4.39 Å². The van der Waals surface area contributed by atoms with E-state index in [1.807, 2.05) is 26.0 Å². The van der Waals surface area contributed by atoms with Crippen molar-refractivity contribution in [2.45, 2.75) is 66.3 Å². The van der Waals surface area contributed by atoms with Crippen molar-refractivity contribution in [3.63, 3.8) is 0 Å². The second-order valence-corrected chi connectivity index (χ2v) is 7.97. The molecule has 1 nitrogen and oxygen atoms in total. The predicted molar refractivity (Wildman–Crippen MR) is 87.7 cm³/mol. The molecule has 1 aromatic rings. The van der Waals surface area contributed by atoms with E-state index < -0.39 is 0 Å². The molecule has 0 radical (unpaired) electrons. The summed E-state index contributed by atoms with van der Waals surface area (Å²) in [5.41, 5.74) is 9.42. The Morgan fingerprint density at radius 2 is 1.52 bits per heavy atom. The van der Waals surface area contributed by atoms with E-state index in [1.165, 1.54) is 25.7 Å². The van der Waals surface area contributed by atoms with Crippen LogP contribution in [-0.4, -0.2) is 0 Å². The van der Waals surface area contributed by atoms with Gasteiger partial charge in [-0.15, -0.1) is 0 Å². The molecule has 2 rings (SSSR count). The lowest BCUT2D eigenvalue weighted by Crippen LogP contribution is -2.30. The monoisotopic (exact) mass is 291 g/mol. The van der Waals surface area contributed by atoms with Crippen LogP contribution in [-0.2, 0) is 0 Å². The minimum absolute atomic E-state index is 0.0453. The van der Waals surface area contributed by atoms with Gasteiger partial charge in [0.05, 0.1) is 0 Å². The van der Waals surface area contributed by atoms with Crippen molar-refractivity contribution < 1.29 is 4.39 Å². The van der Waals surface area contributed by atoms with Crippen LogP contribution in [0.4, 0.5) is 4.39 Å². The third-order valence-electron chi connectivity index (χ3n) is 5.35. The molecular weight excluding hydrogens is 261 g/mol. The smallest absolute Gasteiger partial charge is 0.129 e. The van der Waals surface area contributed by atoms with Gasteiger partial charge < -0.3 is 5.73 Å². The molecule has 0 aromatic heterocycles. The van der Waals surface area contributed by atoms with Crippen LogP contribution < -0.4 is 5.73 Å². The summed E-state index contributed by atoms with van der Waals surface area (Å²) in [6.07, 6.45) is 4.92. The summed E-state index contributed by atoms with van der Waals surface area (Å²) >= 11 is 0. The van der Waals surface area contributed by atoms with Crippen molar-refractivity contribution >= 4 is 0 Å². The quantitative estimate of drug-likeness (QED) is 0.786. The van der Waals surface area contributed by atoms with E-state index in [4.69, 9.17) is 5.73 Å².